The molecule has 0 spiro atoms. The van der Waals surface area contributed by atoms with Crippen LogP contribution in [0.3, 0.4) is 0 Å². The topological polar surface area (TPSA) is 86.8 Å². The van der Waals surface area contributed by atoms with Crippen molar-refractivity contribution in [3.8, 4) is 22.9 Å². The number of nitrogens with zero attached hydrogens (tertiary/aromatic N) is 2. The number of hydrogen-bond acceptors (Lipinski definition) is 4. The SMILES string of the molecule is Oc1c[nH]c(-c2c[nH]c3ncnc(OCCc4ccccc4)c23)c1. The Hall–Kier alpha value is -3.28. The standard InChI is InChI=1S/C18H16N4O2/c23-13-8-15(19-9-13)14-10-20-17-16(14)18(22-11-21-17)24-7-6-12-4-2-1-3-5-12/h1-5,8-11,19,23H,6-7H2,(H,20,21,22). The van der Waals surface area contributed by atoms with E-state index in [0.717, 1.165) is 23.1 Å². The zero-order chi connectivity index (χ0) is 16.4. The smallest absolute Gasteiger partial charge is 0.226 e. The van der Waals surface area contributed by atoms with E-state index in [1.165, 1.54) is 18.1 Å². The summed E-state index contributed by atoms with van der Waals surface area (Å²) in [6.07, 6.45) is 5.64. The van der Waals surface area contributed by atoms with E-state index < -0.39 is 0 Å². The molecule has 0 bridgehead atoms. The van der Waals surface area contributed by atoms with Crippen LogP contribution in [0, 0.1) is 0 Å². The van der Waals surface area contributed by atoms with Crippen molar-refractivity contribution in [2.24, 2.45) is 0 Å². The lowest BCUT2D eigenvalue weighted by Crippen LogP contribution is -2.03. The number of benzene rings is 1. The summed E-state index contributed by atoms with van der Waals surface area (Å²) in [6, 6.07) is 11.8. The fourth-order valence-electron chi connectivity index (χ4n) is 2.70. The average molecular weight is 320 g/mol. The van der Waals surface area contributed by atoms with Crippen molar-refractivity contribution in [2.75, 3.05) is 6.61 Å². The molecule has 0 atom stereocenters. The van der Waals surface area contributed by atoms with Crippen molar-refractivity contribution in [3.05, 3.63) is 60.7 Å². The van der Waals surface area contributed by atoms with E-state index in [0.29, 0.717) is 18.1 Å². The number of hydrogen-bond donors (Lipinski definition) is 3. The number of nitrogens with one attached hydrogen (secondary N) is 2. The molecule has 4 aromatic rings. The number of aromatic hydroxyl groups is 1. The maximum atomic E-state index is 9.56. The number of aromatic amines is 2. The molecule has 24 heavy (non-hydrogen) atoms. The van der Waals surface area contributed by atoms with Crippen LogP contribution in [-0.2, 0) is 6.42 Å². The highest BCUT2D eigenvalue weighted by molar-refractivity contribution is 5.96. The monoisotopic (exact) mass is 320 g/mol. The highest BCUT2D eigenvalue weighted by Gasteiger charge is 2.15. The maximum absolute atomic E-state index is 9.56. The van der Waals surface area contributed by atoms with E-state index in [1.807, 2.05) is 24.4 Å². The molecular weight excluding hydrogens is 304 g/mol. The van der Waals surface area contributed by atoms with Gasteiger partial charge in [0.1, 0.15) is 17.7 Å². The Kier molecular flexibility index (Phi) is 3.63. The van der Waals surface area contributed by atoms with Gasteiger partial charge in [-0.2, -0.15) is 0 Å². The van der Waals surface area contributed by atoms with E-state index in [2.05, 4.69) is 32.1 Å². The number of ether oxygens (including phenoxy) is 1. The second-order valence-corrected chi connectivity index (χ2v) is 5.46. The van der Waals surface area contributed by atoms with Crippen molar-refractivity contribution >= 4 is 11.0 Å². The molecule has 0 aliphatic carbocycles. The molecule has 0 aliphatic rings. The maximum Gasteiger partial charge on any atom is 0.226 e. The van der Waals surface area contributed by atoms with Gasteiger partial charge in [0.05, 0.1) is 17.7 Å². The van der Waals surface area contributed by atoms with Crippen LogP contribution in [0.5, 0.6) is 11.6 Å². The first-order valence-corrected chi connectivity index (χ1v) is 7.68. The van der Waals surface area contributed by atoms with E-state index in [1.54, 1.807) is 6.07 Å². The fraction of sp³-hybridized carbons (Fsp3) is 0.111. The second kappa shape index (κ2) is 6.08. The van der Waals surface area contributed by atoms with E-state index in [-0.39, 0.29) is 5.75 Å². The molecular formula is C18H16N4O2. The number of aromatic nitrogens is 4. The van der Waals surface area contributed by atoms with Gasteiger partial charge in [0.15, 0.2) is 0 Å². The zero-order valence-electron chi connectivity index (χ0n) is 12.9. The van der Waals surface area contributed by atoms with Gasteiger partial charge in [0, 0.05) is 30.4 Å². The van der Waals surface area contributed by atoms with Gasteiger partial charge < -0.3 is 19.8 Å². The molecule has 4 rings (SSSR count). The predicted molar refractivity (Wildman–Crippen MR) is 91.0 cm³/mol. The van der Waals surface area contributed by atoms with Crippen LogP contribution < -0.4 is 4.74 Å². The lowest BCUT2D eigenvalue weighted by Gasteiger charge is -2.07. The third kappa shape index (κ3) is 2.69. The van der Waals surface area contributed by atoms with Crippen molar-refractivity contribution in [1.29, 1.82) is 0 Å². The van der Waals surface area contributed by atoms with Gasteiger partial charge in [-0.25, -0.2) is 9.97 Å². The van der Waals surface area contributed by atoms with Crippen LogP contribution in [0.15, 0.2) is 55.1 Å². The normalized spacial score (nSPS) is 11.0. The molecule has 1 aromatic carbocycles. The van der Waals surface area contributed by atoms with E-state index >= 15 is 0 Å². The fourth-order valence-corrected chi connectivity index (χ4v) is 2.70. The molecule has 3 N–H and O–H groups in total. The minimum atomic E-state index is 0.183. The Morgan fingerprint density at radius 3 is 2.71 bits per heavy atom. The van der Waals surface area contributed by atoms with E-state index in [9.17, 15) is 5.11 Å². The molecule has 0 amide bonds. The Labute approximate surface area is 138 Å². The van der Waals surface area contributed by atoms with Gasteiger partial charge in [0.2, 0.25) is 5.88 Å². The molecule has 0 aliphatic heterocycles. The molecule has 6 heteroatoms. The number of fused-ring (bicyclic) bond motifs is 1. The van der Waals surface area contributed by atoms with Gasteiger partial charge in [-0.1, -0.05) is 30.3 Å². The Morgan fingerprint density at radius 2 is 1.92 bits per heavy atom. The van der Waals surface area contributed by atoms with Crippen molar-refractivity contribution in [2.45, 2.75) is 6.42 Å². The Morgan fingerprint density at radius 1 is 1.04 bits per heavy atom. The van der Waals surface area contributed by atoms with Gasteiger partial charge in [-0.05, 0) is 5.56 Å². The third-order valence-electron chi connectivity index (χ3n) is 3.87. The third-order valence-corrected chi connectivity index (χ3v) is 3.87. The molecule has 0 radical (unpaired) electrons. The lowest BCUT2D eigenvalue weighted by molar-refractivity contribution is 0.313. The molecule has 6 nitrogen and oxygen atoms in total. The molecule has 3 aromatic heterocycles. The summed E-state index contributed by atoms with van der Waals surface area (Å²) in [6.45, 7) is 0.525. The van der Waals surface area contributed by atoms with Crippen LogP contribution in [0.2, 0.25) is 0 Å². The second-order valence-electron chi connectivity index (χ2n) is 5.46. The molecule has 120 valence electrons. The highest BCUT2D eigenvalue weighted by atomic mass is 16.5. The van der Waals surface area contributed by atoms with Gasteiger partial charge in [0.25, 0.3) is 0 Å². The van der Waals surface area contributed by atoms with Gasteiger partial charge in [-0.15, -0.1) is 0 Å². The largest absolute Gasteiger partial charge is 0.506 e. The first-order chi connectivity index (χ1) is 11.8. The lowest BCUT2D eigenvalue weighted by atomic mass is 10.1. The van der Waals surface area contributed by atoms with Crippen molar-refractivity contribution in [1.82, 2.24) is 19.9 Å². The summed E-state index contributed by atoms with van der Waals surface area (Å²) in [5, 5.41) is 10.4. The van der Waals surface area contributed by atoms with E-state index in [4.69, 9.17) is 4.74 Å². The first-order valence-electron chi connectivity index (χ1n) is 7.68. The van der Waals surface area contributed by atoms with Crippen LogP contribution in [0.25, 0.3) is 22.3 Å². The summed E-state index contributed by atoms with van der Waals surface area (Å²) in [5.74, 6) is 0.712. The van der Waals surface area contributed by atoms with Crippen LogP contribution in [0.1, 0.15) is 5.56 Å². The Balaban J connectivity index is 1.62. The summed E-state index contributed by atoms with van der Waals surface area (Å²) < 4.78 is 5.90. The first kappa shape index (κ1) is 14.3. The molecule has 3 heterocycles. The molecule has 0 fully saturated rings. The summed E-state index contributed by atoms with van der Waals surface area (Å²) in [4.78, 5) is 14.7. The highest BCUT2D eigenvalue weighted by Crippen LogP contribution is 2.33. The molecule has 0 unspecified atom stereocenters. The van der Waals surface area contributed by atoms with Crippen LogP contribution in [-0.4, -0.2) is 31.6 Å². The van der Waals surface area contributed by atoms with Gasteiger partial charge in [-0.3, -0.25) is 0 Å². The summed E-state index contributed by atoms with van der Waals surface area (Å²) in [5.41, 5.74) is 3.55. The minimum Gasteiger partial charge on any atom is -0.506 e. The number of H-pyrrole nitrogens is 2. The summed E-state index contributed by atoms with van der Waals surface area (Å²) >= 11 is 0. The zero-order valence-corrected chi connectivity index (χ0v) is 12.9. The minimum absolute atomic E-state index is 0.183. The van der Waals surface area contributed by atoms with Crippen molar-refractivity contribution < 1.29 is 9.84 Å². The quantitative estimate of drug-likeness (QED) is 0.526. The molecule has 0 saturated heterocycles. The average Bonchev–Trinajstić information content (AvgIpc) is 3.22. The predicted octanol–water partition coefficient (Wildman–Crippen LogP) is 3.28. The van der Waals surface area contributed by atoms with Crippen LogP contribution >= 0.6 is 0 Å². The number of rotatable bonds is 5. The van der Waals surface area contributed by atoms with Crippen molar-refractivity contribution in [3.63, 3.8) is 0 Å². The Bertz CT molecular complexity index is 959. The molecule has 0 saturated carbocycles. The summed E-state index contributed by atoms with van der Waals surface area (Å²) in [7, 11) is 0. The van der Waals surface area contributed by atoms with Crippen LogP contribution in [0.4, 0.5) is 0 Å². The van der Waals surface area contributed by atoms with Gasteiger partial charge >= 0.3 is 0 Å².